The van der Waals surface area contributed by atoms with Gasteiger partial charge in [-0.05, 0) is 12.1 Å². The number of hydrogen-bond donors (Lipinski definition) is 0. The van der Waals surface area contributed by atoms with Gasteiger partial charge in [-0.3, -0.25) is 4.98 Å². The second-order valence-electron chi connectivity index (χ2n) is 2.60. The smallest absolute Gasteiger partial charge is 0.226 e. The zero-order chi connectivity index (χ0) is 9.10. The molecule has 0 atom stereocenters. The largest absolute Gasteiger partial charge is 0.339 e. The van der Waals surface area contributed by atoms with E-state index in [1.165, 1.54) is 0 Å². The molecule has 4 nitrogen and oxygen atoms in total. The molecule has 2 heterocycles. The maximum absolute atomic E-state index is 4.99. The van der Waals surface area contributed by atoms with Crippen molar-refractivity contribution in [3.05, 3.63) is 30.4 Å². The Morgan fingerprint density at radius 2 is 2.08 bits per heavy atom. The second-order valence-corrected chi connectivity index (χ2v) is 2.60. The molecule has 0 radical (unpaired) electrons. The Balaban J connectivity index is 2.36. The van der Waals surface area contributed by atoms with E-state index in [0.717, 1.165) is 12.0 Å². The van der Waals surface area contributed by atoms with Gasteiger partial charge in [0.05, 0.1) is 0 Å². The van der Waals surface area contributed by atoms with Crippen LogP contribution in [0.1, 0.15) is 12.8 Å². The minimum Gasteiger partial charge on any atom is -0.339 e. The number of pyridine rings is 1. The molecule has 0 saturated carbocycles. The van der Waals surface area contributed by atoms with Crippen molar-refractivity contribution in [2.24, 2.45) is 0 Å². The van der Waals surface area contributed by atoms with Crippen molar-refractivity contribution in [3.8, 4) is 11.4 Å². The van der Waals surface area contributed by atoms with Gasteiger partial charge in [-0.15, -0.1) is 0 Å². The highest BCUT2D eigenvalue weighted by atomic mass is 16.5. The Kier molecular flexibility index (Phi) is 2.04. The van der Waals surface area contributed by atoms with Crippen molar-refractivity contribution in [1.29, 1.82) is 0 Å². The lowest BCUT2D eigenvalue weighted by molar-refractivity contribution is 0.383. The SMILES string of the molecule is CCc1nc(-c2ccncc2)no1. The van der Waals surface area contributed by atoms with E-state index in [9.17, 15) is 0 Å². The summed E-state index contributed by atoms with van der Waals surface area (Å²) in [7, 11) is 0. The van der Waals surface area contributed by atoms with Gasteiger partial charge < -0.3 is 4.52 Å². The van der Waals surface area contributed by atoms with Crippen molar-refractivity contribution in [2.45, 2.75) is 13.3 Å². The lowest BCUT2D eigenvalue weighted by Crippen LogP contribution is -1.82. The van der Waals surface area contributed by atoms with Gasteiger partial charge >= 0.3 is 0 Å². The average Bonchev–Trinajstić information content (AvgIpc) is 2.67. The highest BCUT2D eigenvalue weighted by Gasteiger charge is 2.05. The van der Waals surface area contributed by atoms with Crippen LogP contribution >= 0.6 is 0 Å². The molecule has 0 aliphatic heterocycles. The van der Waals surface area contributed by atoms with Crippen LogP contribution in [-0.2, 0) is 6.42 Å². The molecule has 2 rings (SSSR count). The van der Waals surface area contributed by atoms with Crippen molar-refractivity contribution < 1.29 is 4.52 Å². The van der Waals surface area contributed by atoms with Gasteiger partial charge in [-0.2, -0.15) is 4.98 Å². The molecule has 0 aliphatic rings. The number of rotatable bonds is 2. The van der Waals surface area contributed by atoms with E-state index in [1.54, 1.807) is 12.4 Å². The highest BCUT2D eigenvalue weighted by Crippen LogP contribution is 2.13. The Morgan fingerprint density at radius 1 is 1.31 bits per heavy atom. The number of nitrogens with zero attached hydrogens (tertiary/aromatic N) is 3. The molecule has 2 aromatic heterocycles. The fourth-order valence-electron chi connectivity index (χ4n) is 1.02. The molecule has 0 amide bonds. The zero-order valence-corrected chi connectivity index (χ0v) is 7.27. The summed E-state index contributed by atoms with van der Waals surface area (Å²) in [5, 5.41) is 3.84. The topological polar surface area (TPSA) is 51.8 Å². The van der Waals surface area contributed by atoms with Gasteiger partial charge in [0.1, 0.15) is 0 Å². The summed E-state index contributed by atoms with van der Waals surface area (Å²) in [5.74, 6) is 1.28. The van der Waals surface area contributed by atoms with Gasteiger partial charge in [0.2, 0.25) is 11.7 Å². The van der Waals surface area contributed by atoms with E-state index in [0.29, 0.717) is 11.7 Å². The molecule has 13 heavy (non-hydrogen) atoms. The third-order valence-corrected chi connectivity index (χ3v) is 1.71. The van der Waals surface area contributed by atoms with Crippen LogP contribution < -0.4 is 0 Å². The summed E-state index contributed by atoms with van der Waals surface area (Å²) in [4.78, 5) is 8.11. The summed E-state index contributed by atoms with van der Waals surface area (Å²) in [5.41, 5.74) is 0.929. The minimum absolute atomic E-state index is 0.624. The summed E-state index contributed by atoms with van der Waals surface area (Å²) < 4.78 is 4.99. The first-order valence-corrected chi connectivity index (χ1v) is 4.13. The Bertz CT molecular complexity index is 383. The predicted octanol–water partition coefficient (Wildman–Crippen LogP) is 1.69. The average molecular weight is 175 g/mol. The summed E-state index contributed by atoms with van der Waals surface area (Å²) >= 11 is 0. The van der Waals surface area contributed by atoms with Gasteiger partial charge in [0.25, 0.3) is 0 Å². The van der Waals surface area contributed by atoms with Crippen molar-refractivity contribution in [1.82, 2.24) is 15.1 Å². The van der Waals surface area contributed by atoms with Crippen LogP contribution in [0.3, 0.4) is 0 Å². The van der Waals surface area contributed by atoms with Crippen LogP contribution in [0.15, 0.2) is 29.0 Å². The molecule has 0 fully saturated rings. The summed E-state index contributed by atoms with van der Waals surface area (Å²) in [6.07, 6.45) is 4.17. The molecule has 2 aromatic rings. The first-order chi connectivity index (χ1) is 6.40. The number of aromatic nitrogens is 3. The Morgan fingerprint density at radius 3 is 2.69 bits per heavy atom. The van der Waals surface area contributed by atoms with Crippen LogP contribution in [0.25, 0.3) is 11.4 Å². The molecular formula is C9H9N3O. The first kappa shape index (κ1) is 7.91. The summed E-state index contributed by atoms with van der Waals surface area (Å²) in [6, 6.07) is 3.70. The van der Waals surface area contributed by atoms with Crippen molar-refractivity contribution in [3.63, 3.8) is 0 Å². The van der Waals surface area contributed by atoms with Gasteiger partial charge in [0, 0.05) is 24.4 Å². The molecule has 4 heteroatoms. The van der Waals surface area contributed by atoms with Crippen LogP contribution in [0.5, 0.6) is 0 Å². The number of hydrogen-bond acceptors (Lipinski definition) is 4. The molecule has 0 bridgehead atoms. The molecule has 66 valence electrons. The zero-order valence-electron chi connectivity index (χ0n) is 7.27. The van der Waals surface area contributed by atoms with E-state index >= 15 is 0 Å². The third kappa shape index (κ3) is 1.56. The van der Waals surface area contributed by atoms with E-state index in [-0.39, 0.29) is 0 Å². The fraction of sp³-hybridized carbons (Fsp3) is 0.222. The van der Waals surface area contributed by atoms with Gasteiger partial charge in [-0.1, -0.05) is 12.1 Å². The van der Waals surface area contributed by atoms with Crippen molar-refractivity contribution in [2.75, 3.05) is 0 Å². The molecule has 0 spiro atoms. The molecule has 0 unspecified atom stereocenters. The molecular weight excluding hydrogens is 166 g/mol. The maximum atomic E-state index is 4.99. The molecule has 0 aliphatic carbocycles. The van der Waals surface area contributed by atoms with E-state index in [4.69, 9.17) is 4.52 Å². The molecule has 0 saturated heterocycles. The van der Waals surface area contributed by atoms with E-state index < -0.39 is 0 Å². The van der Waals surface area contributed by atoms with E-state index in [2.05, 4.69) is 15.1 Å². The minimum atomic E-state index is 0.624. The van der Waals surface area contributed by atoms with Crippen LogP contribution in [-0.4, -0.2) is 15.1 Å². The predicted molar refractivity (Wildman–Crippen MR) is 46.9 cm³/mol. The van der Waals surface area contributed by atoms with Crippen molar-refractivity contribution >= 4 is 0 Å². The molecule has 0 N–H and O–H groups in total. The first-order valence-electron chi connectivity index (χ1n) is 4.13. The van der Waals surface area contributed by atoms with Gasteiger partial charge in [-0.25, -0.2) is 0 Å². The quantitative estimate of drug-likeness (QED) is 0.697. The normalized spacial score (nSPS) is 10.2. The third-order valence-electron chi connectivity index (χ3n) is 1.71. The monoisotopic (exact) mass is 175 g/mol. The lowest BCUT2D eigenvalue weighted by atomic mass is 10.2. The standard InChI is InChI=1S/C9H9N3O/c1-2-8-11-9(12-13-8)7-3-5-10-6-4-7/h3-6H,2H2,1H3. The Labute approximate surface area is 75.6 Å². The molecule has 0 aromatic carbocycles. The summed E-state index contributed by atoms with van der Waals surface area (Å²) in [6.45, 7) is 1.98. The maximum Gasteiger partial charge on any atom is 0.226 e. The lowest BCUT2D eigenvalue weighted by Gasteiger charge is -1.89. The van der Waals surface area contributed by atoms with Crippen LogP contribution in [0.4, 0.5) is 0 Å². The van der Waals surface area contributed by atoms with E-state index in [1.807, 2.05) is 19.1 Å². The van der Waals surface area contributed by atoms with Crippen LogP contribution in [0, 0.1) is 0 Å². The van der Waals surface area contributed by atoms with Gasteiger partial charge in [0.15, 0.2) is 0 Å². The fourth-order valence-corrected chi connectivity index (χ4v) is 1.02. The Hall–Kier alpha value is -1.71. The van der Waals surface area contributed by atoms with Crippen LogP contribution in [0.2, 0.25) is 0 Å². The number of aryl methyl sites for hydroxylation is 1. The second kappa shape index (κ2) is 3.35. The highest BCUT2D eigenvalue weighted by molar-refractivity contribution is 5.52.